The van der Waals surface area contributed by atoms with Crippen LogP contribution in [0.2, 0.25) is 0 Å². The lowest BCUT2D eigenvalue weighted by Gasteiger charge is -2.16. The number of halogens is 17. The topological polar surface area (TPSA) is 71.5 Å². The molecule has 4 rings (SSSR count). The van der Waals surface area contributed by atoms with E-state index in [9.17, 15) is 79.9 Å². The number of benzene rings is 3. The van der Waals surface area contributed by atoms with Crippen molar-refractivity contribution in [3.05, 3.63) is 115 Å². The van der Waals surface area contributed by atoms with Gasteiger partial charge in [0.05, 0.1) is 46.0 Å². The van der Waals surface area contributed by atoms with E-state index in [2.05, 4.69) is 0 Å². The van der Waals surface area contributed by atoms with E-state index in [1.165, 1.54) is 0 Å². The molecule has 0 aromatic heterocycles. The quantitative estimate of drug-likeness (QED) is 0.117. The van der Waals surface area contributed by atoms with Gasteiger partial charge >= 0.3 is 6.18 Å². The molecule has 0 saturated heterocycles. The molecule has 3 nitrogen and oxygen atoms in total. The second-order valence-electron chi connectivity index (χ2n) is 9.09. The summed E-state index contributed by atoms with van der Waals surface area (Å²) in [7, 11) is 0. The molecule has 0 aliphatic heterocycles. The zero-order valence-corrected chi connectivity index (χ0v) is 21.0. The highest BCUT2D eigenvalue weighted by atomic mass is 19.4. The van der Waals surface area contributed by atoms with Gasteiger partial charge in [-0.1, -0.05) is 0 Å². The summed E-state index contributed by atoms with van der Waals surface area (Å²) in [5.74, 6) is -46.2. The Morgan fingerprint density at radius 1 is 0.543 bits per heavy atom. The Kier molecular flexibility index (Phi) is 8.21. The van der Waals surface area contributed by atoms with Crippen LogP contribution in [0.5, 0.6) is 0 Å². The molecular weight excluding hydrogens is 677 g/mol. The first kappa shape index (κ1) is 33.9. The van der Waals surface area contributed by atoms with Crippen LogP contribution >= 0.6 is 0 Å². The maximum atomic E-state index is 14.8. The van der Waals surface area contributed by atoms with Crippen LogP contribution in [0.25, 0.3) is 0 Å². The highest BCUT2D eigenvalue weighted by Gasteiger charge is 2.53. The smallest absolute Gasteiger partial charge is 0.303 e. The van der Waals surface area contributed by atoms with Gasteiger partial charge in [-0.05, 0) is 11.1 Å². The fourth-order valence-corrected chi connectivity index (χ4v) is 4.53. The molecule has 1 aliphatic carbocycles. The molecule has 0 heterocycles. The van der Waals surface area contributed by atoms with Crippen LogP contribution in [0.15, 0.2) is 11.1 Å². The van der Waals surface area contributed by atoms with Crippen LogP contribution in [0.4, 0.5) is 74.6 Å². The number of nitrogens with one attached hydrogen (secondary N) is 2. The third-order valence-corrected chi connectivity index (χ3v) is 6.63. The Morgan fingerprint density at radius 3 is 1.24 bits per heavy atom. The Hall–Kier alpha value is -4.96. The number of alkyl halides is 3. The van der Waals surface area contributed by atoms with E-state index in [4.69, 9.17) is 10.8 Å². The molecule has 2 atom stereocenters. The number of hydrogen-bond acceptors (Lipinski definition) is 3. The second kappa shape index (κ2) is 11.1. The summed E-state index contributed by atoms with van der Waals surface area (Å²) in [6, 6.07) is 0.832. The predicted molar refractivity (Wildman–Crippen MR) is 116 cm³/mol. The Morgan fingerprint density at radius 2 is 0.891 bits per heavy atom. The summed E-state index contributed by atoms with van der Waals surface area (Å²) < 4.78 is 238. The van der Waals surface area contributed by atoms with E-state index in [-0.39, 0.29) is 0 Å². The van der Waals surface area contributed by atoms with Crippen molar-refractivity contribution in [2.24, 2.45) is 5.92 Å². The highest BCUT2D eigenvalue weighted by molar-refractivity contribution is 6.23. The van der Waals surface area contributed by atoms with Gasteiger partial charge in [-0.3, -0.25) is 5.41 Å². The minimum atomic E-state index is -6.12. The third-order valence-electron chi connectivity index (χ3n) is 6.63. The summed E-state index contributed by atoms with van der Waals surface area (Å²) in [5.41, 5.74) is -17.1. The van der Waals surface area contributed by atoms with Gasteiger partial charge in [0.25, 0.3) is 0 Å². The molecule has 2 unspecified atom stereocenters. The first-order valence-corrected chi connectivity index (χ1v) is 11.4. The molecule has 20 heteroatoms. The zero-order valence-electron chi connectivity index (χ0n) is 21.0. The first-order chi connectivity index (χ1) is 21.1. The van der Waals surface area contributed by atoms with E-state index >= 15 is 0 Å². The van der Waals surface area contributed by atoms with E-state index in [1.807, 2.05) is 0 Å². The molecule has 0 fully saturated rings. The monoisotopic (exact) mass is 681 g/mol. The lowest BCUT2D eigenvalue weighted by Crippen LogP contribution is -2.20. The highest BCUT2D eigenvalue weighted by Crippen LogP contribution is 2.53. The first-order valence-electron chi connectivity index (χ1n) is 11.4. The van der Waals surface area contributed by atoms with Gasteiger partial charge in [-0.2, -0.15) is 18.4 Å². The maximum absolute atomic E-state index is 14.8. The number of allylic oxidation sites excluding steroid dienone is 2. The molecular formula is C26H4F17N3. The Labute approximate surface area is 241 Å². The number of hydrogen-bond donors (Lipinski definition) is 2. The van der Waals surface area contributed by atoms with Crippen molar-refractivity contribution in [3.8, 4) is 6.07 Å². The zero-order chi connectivity index (χ0) is 35.1. The van der Waals surface area contributed by atoms with E-state index in [0.29, 0.717) is 0 Å². The molecule has 3 aromatic carbocycles. The maximum Gasteiger partial charge on any atom is 0.422 e. The average molecular weight is 681 g/mol. The van der Waals surface area contributed by atoms with Gasteiger partial charge in [0.15, 0.2) is 69.8 Å². The minimum Gasteiger partial charge on any atom is -0.303 e. The normalized spacial score (nSPS) is 15.3. The van der Waals surface area contributed by atoms with Crippen molar-refractivity contribution < 1.29 is 74.6 Å². The summed E-state index contributed by atoms with van der Waals surface area (Å²) in [4.78, 5) is 0. The molecule has 3 aromatic rings. The number of nitriles is 1. The molecule has 0 spiro atoms. The summed E-state index contributed by atoms with van der Waals surface area (Å²) >= 11 is 0. The standard InChI is InChI=1S/C26H4F17N3/c27-10-4(11(28)17(34)9(16(10)33)26(41,42)43)2(1-44)3-5(24(45)7-12(29)18(35)22(39)19(36)13(7)30)6(3)25(46)8-14(31)20(37)23(40)21(38)15(8)32/h2,5,45-46H. The largest absolute Gasteiger partial charge is 0.422 e. The fourth-order valence-electron chi connectivity index (χ4n) is 4.53. The molecule has 0 bridgehead atoms. The molecule has 2 N–H and O–H groups in total. The SMILES string of the molecule is N#CC(C1=C(C(=N)c2c(F)c(F)c(F)c(F)c2F)C1C(=N)c1c(F)c(F)c(F)c(F)c1F)c1c(F)c(F)c(C(F)(F)F)c(F)c1F. The van der Waals surface area contributed by atoms with Gasteiger partial charge < -0.3 is 5.41 Å². The van der Waals surface area contributed by atoms with E-state index < -0.39 is 144 Å². The third kappa shape index (κ3) is 4.75. The molecule has 0 amide bonds. The number of rotatable bonds is 6. The number of nitrogens with zero attached hydrogens (tertiary/aromatic N) is 1. The molecule has 0 saturated carbocycles. The van der Waals surface area contributed by atoms with Gasteiger partial charge in [-0.25, -0.2) is 61.5 Å². The van der Waals surface area contributed by atoms with Gasteiger partial charge in [0, 0.05) is 0 Å². The van der Waals surface area contributed by atoms with Crippen LogP contribution < -0.4 is 0 Å². The second-order valence-corrected chi connectivity index (χ2v) is 9.09. The van der Waals surface area contributed by atoms with Gasteiger partial charge in [0.2, 0.25) is 11.6 Å². The Balaban J connectivity index is 2.05. The van der Waals surface area contributed by atoms with Crippen LogP contribution in [-0.2, 0) is 6.18 Å². The fraction of sp³-hybridized carbons (Fsp3) is 0.115. The van der Waals surface area contributed by atoms with E-state index in [1.54, 1.807) is 0 Å². The molecule has 46 heavy (non-hydrogen) atoms. The summed E-state index contributed by atoms with van der Waals surface area (Å²) in [6.07, 6.45) is -6.12. The molecule has 242 valence electrons. The lowest BCUT2D eigenvalue weighted by molar-refractivity contribution is -0.143. The van der Waals surface area contributed by atoms with Crippen LogP contribution in [0.1, 0.15) is 28.2 Å². The van der Waals surface area contributed by atoms with Crippen molar-refractivity contribution in [1.82, 2.24) is 0 Å². The van der Waals surface area contributed by atoms with Gasteiger partial charge in [0.1, 0.15) is 5.56 Å². The van der Waals surface area contributed by atoms with Gasteiger partial charge in [-0.15, -0.1) is 0 Å². The van der Waals surface area contributed by atoms with Crippen LogP contribution in [0, 0.1) is 110 Å². The van der Waals surface area contributed by atoms with Crippen molar-refractivity contribution >= 4 is 11.4 Å². The average Bonchev–Trinajstić information content (AvgIpc) is 3.72. The summed E-state index contributed by atoms with van der Waals surface area (Å²) in [5, 5.41) is 25.6. The van der Waals surface area contributed by atoms with Crippen molar-refractivity contribution in [2.45, 2.75) is 12.1 Å². The minimum absolute atomic E-state index is 0.832. The van der Waals surface area contributed by atoms with E-state index in [0.717, 1.165) is 6.07 Å². The van der Waals surface area contributed by atoms with Crippen LogP contribution in [-0.4, -0.2) is 11.4 Å². The Bertz CT molecular complexity index is 1900. The van der Waals surface area contributed by atoms with Crippen molar-refractivity contribution in [2.75, 3.05) is 0 Å². The predicted octanol–water partition coefficient (Wildman–Crippen LogP) is 8.32. The lowest BCUT2D eigenvalue weighted by atomic mass is 9.90. The molecule has 1 aliphatic rings. The van der Waals surface area contributed by atoms with Crippen molar-refractivity contribution in [3.63, 3.8) is 0 Å². The summed E-state index contributed by atoms with van der Waals surface area (Å²) in [6.45, 7) is 0. The van der Waals surface area contributed by atoms with Crippen molar-refractivity contribution in [1.29, 1.82) is 16.1 Å². The molecule has 0 radical (unpaired) electrons. The van der Waals surface area contributed by atoms with Crippen LogP contribution in [0.3, 0.4) is 0 Å².